The monoisotopic (exact) mass is 593 g/mol. The third-order valence-electron chi connectivity index (χ3n) is 8.26. The standard InChI is InChI=1S/C28H30F3N11O/c1-2-33-15-19-11-22(39-26(38-19)28(29,30)31)25(43)41-9-7-40(8-10-41)20-12-27(13-20,4-5-32)42-16-18(14-37-42)23-21-3-6-34-24(21)36-17-35-23/h3,6,11,14,16-17,20,33H,2,4,7-10,12-13,15H2,1H3,(H,34,35,36). The van der Waals surface area contributed by atoms with E-state index in [9.17, 15) is 23.2 Å². The van der Waals surface area contributed by atoms with Gasteiger partial charge in [0.25, 0.3) is 5.91 Å². The van der Waals surface area contributed by atoms with E-state index in [0.29, 0.717) is 52.0 Å². The molecular formula is C28H30F3N11O. The van der Waals surface area contributed by atoms with Gasteiger partial charge < -0.3 is 15.2 Å². The van der Waals surface area contributed by atoms with Crippen molar-refractivity contribution in [3.05, 3.63) is 54.3 Å². The quantitative estimate of drug-likeness (QED) is 0.315. The summed E-state index contributed by atoms with van der Waals surface area (Å²) in [4.78, 5) is 35.9. The highest BCUT2D eigenvalue weighted by Crippen LogP contribution is 2.45. The predicted octanol–water partition coefficient (Wildman–Crippen LogP) is 2.97. The summed E-state index contributed by atoms with van der Waals surface area (Å²) in [6, 6.07) is 5.76. The molecule has 224 valence electrons. The number of carbonyl (C=O) groups is 1. The first-order valence-corrected chi connectivity index (χ1v) is 14.1. The summed E-state index contributed by atoms with van der Waals surface area (Å²) in [6.07, 6.45) is 3.98. The summed E-state index contributed by atoms with van der Waals surface area (Å²) in [5.41, 5.74) is 1.75. The van der Waals surface area contributed by atoms with Gasteiger partial charge in [-0.25, -0.2) is 19.9 Å². The van der Waals surface area contributed by atoms with Gasteiger partial charge in [0.2, 0.25) is 5.82 Å². The number of halogens is 3. The van der Waals surface area contributed by atoms with Gasteiger partial charge in [0.1, 0.15) is 17.7 Å². The molecule has 0 bridgehead atoms. The van der Waals surface area contributed by atoms with E-state index in [2.05, 4.69) is 46.3 Å². The Kier molecular flexibility index (Phi) is 7.57. The average molecular weight is 594 g/mol. The molecule has 12 nitrogen and oxygen atoms in total. The van der Waals surface area contributed by atoms with Crippen LogP contribution < -0.4 is 5.32 Å². The van der Waals surface area contributed by atoms with E-state index >= 15 is 0 Å². The highest BCUT2D eigenvalue weighted by Gasteiger charge is 2.49. The van der Waals surface area contributed by atoms with Crippen molar-refractivity contribution in [2.75, 3.05) is 32.7 Å². The van der Waals surface area contributed by atoms with E-state index in [1.807, 2.05) is 30.1 Å². The van der Waals surface area contributed by atoms with Gasteiger partial charge in [-0.05, 0) is 31.5 Å². The zero-order valence-corrected chi connectivity index (χ0v) is 23.5. The number of nitriles is 1. The smallest absolute Gasteiger partial charge is 0.346 e. The third kappa shape index (κ3) is 5.55. The summed E-state index contributed by atoms with van der Waals surface area (Å²) in [6.45, 7) is 4.34. The molecule has 15 heteroatoms. The van der Waals surface area contributed by atoms with Gasteiger partial charge in [-0.1, -0.05) is 6.92 Å². The number of carbonyl (C=O) groups excluding carboxylic acids is 1. The van der Waals surface area contributed by atoms with E-state index in [1.165, 1.54) is 12.4 Å². The van der Waals surface area contributed by atoms with Crippen molar-refractivity contribution >= 4 is 16.9 Å². The molecule has 0 spiro atoms. The molecule has 2 fully saturated rings. The number of hydrogen-bond acceptors (Lipinski definition) is 9. The Hall–Kier alpha value is -4.42. The number of aromatic amines is 1. The number of alkyl halides is 3. The zero-order valence-electron chi connectivity index (χ0n) is 23.5. The largest absolute Gasteiger partial charge is 0.451 e. The van der Waals surface area contributed by atoms with Crippen LogP contribution in [0.2, 0.25) is 0 Å². The minimum Gasteiger partial charge on any atom is -0.346 e. The lowest BCUT2D eigenvalue weighted by Crippen LogP contribution is -2.60. The maximum Gasteiger partial charge on any atom is 0.451 e. The molecule has 1 aliphatic carbocycles. The first-order chi connectivity index (χ1) is 20.7. The minimum absolute atomic E-state index is 0.107. The van der Waals surface area contributed by atoms with Crippen LogP contribution in [0.1, 0.15) is 48.2 Å². The fraction of sp³-hybridized carbons (Fsp3) is 0.464. The summed E-state index contributed by atoms with van der Waals surface area (Å²) in [7, 11) is 0. The average Bonchev–Trinajstić information content (AvgIpc) is 3.67. The molecule has 2 N–H and O–H groups in total. The van der Waals surface area contributed by atoms with Crippen molar-refractivity contribution < 1.29 is 18.0 Å². The van der Waals surface area contributed by atoms with Gasteiger partial charge >= 0.3 is 6.18 Å². The van der Waals surface area contributed by atoms with E-state index in [4.69, 9.17) is 0 Å². The Morgan fingerprint density at radius 2 is 2.00 bits per heavy atom. The first-order valence-electron chi connectivity index (χ1n) is 14.1. The van der Waals surface area contributed by atoms with Crippen molar-refractivity contribution in [1.82, 2.24) is 49.8 Å². The topological polar surface area (TPSA) is 145 Å². The van der Waals surface area contributed by atoms with Crippen LogP contribution in [0.3, 0.4) is 0 Å². The van der Waals surface area contributed by atoms with Crippen LogP contribution in [0, 0.1) is 11.3 Å². The number of fused-ring (bicyclic) bond motifs is 1. The Morgan fingerprint density at radius 3 is 2.72 bits per heavy atom. The lowest BCUT2D eigenvalue weighted by molar-refractivity contribution is -0.145. The summed E-state index contributed by atoms with van der Waals surface area (Å²) >= 11 is 0. The summed E-state index contributed by atoms with van der Waals surface area (Å²) in [5, 5.41) is 18.1. The van der Waals surface area contributed by atoms with Crippen LogP contribution in [0.25, 0.3) is 22.3 Å². The highest BCUT2D eigenvalue weighted by atomic mass is 19.4. The number of nitrogens with one attached hydrogen (secondary N) is 2. The molecule has 43 heavy (non-hydrogen) atoms. The maximum absolute atomic E-state index is 13.4. The van der Waals surface area contributed by atoms with Crippen LogP contribution in [-0.4, -0.2) is 89.2 Å². The van der Waals surface area contributed by atoms with E-state index < -0.39 is 23.4 Å². The summed E-state index contributed by atoms with van der Waals surface area (Å²) < 4.78 is 42.2. The van der Waals surface area contributed by atoms with Gasteiger partial charge in [-0.15, -0.1) is 0 Å². The molecule has 2 aliphatic rings. The molecule has 0 unspecified atom stereocenters. The lowest BCUT2D eigenvalue weighted by atomic mass is 9.70. The van der Waals surface area contributed by atoms with Gasteiger partial charge in [0.05, 0.1) is 35.6 Å². The molecular weight excluding hydrogens is 563 g/mol. The number of amides is 1. The molecule has 1 saturated carbocycles. The molecule has 1 saturated heterocycles. The maximum atomic E-state index is 13.4. The number of H-pyrrole nitrogens is 1. The van der Waals surface area contributed by atoms with Crippen molar-refractivity contribution in [3.8, 4) is 17.3 Å². The number of rotatable bonds is 8. The Morgan fingerprint density at radius 1 is 1.21 bits per heavy atom. The van der Waals surface area contributed by atoms with E-state index in [1.54, 1.807) is 11.1 Å². The highest BCUT2D eigenvalue weighted by molar-refractivity contribution is 5.92. The molecule has 1 aliphatic heterocycles. The van der Waals surface area contributed by atoms with Crippen LogP contribution in [0.4, 0.5) is 13.2 Å². The van der Waals surface area contributed by atoms with Crippen LogP contribution in [-0.2, 0) is 18.3 Å². The second kappa shape index (κ2) is 11.3. The Balaban J connectivity index is 1.11. The Labute approximate surface area is 245 Å². The molecule has 6 rings (SSSR count). The number of hydrogen-bond donors (Lipinski definition) is 2. The SMILES string of the molecule is CCNCc1cc(C(=O)N2CCN(C3CC(CC#N)(n4cc(-c5ncnc6[nH]ccc56)cn4)C3)CC2)nc(C(F)(F)F)n1. The lowest BCUT2D eigenvalue weighted by Gasteiger charge is -2.52. The molecule has 0 atom stereocenters. The molecule has 0 radical (unpaired) electrons. The van der Waals surface area contributed by atoms with Gasteiger partial charge in [-0.2, -0.15) is 23.5 Å². The first kappa shape index (κ1) is 28.7. The van der Waals surface area contributed by atoms with Crippen LogP contribution in [0.15, 0.2) is 37.1 Å². The molecule has 4 aromatic rings. The molecule has 1 amide bonds. The fourth-order valence-electron chi connectivity index (χ4n) is 5.97. The van der Waals surface area contributed by atoms with Gasteiger partial charge in [0.15, 0.2) is 0 Å². The van der Waals surface area contributed by atoms with Crippen LogP contribution in [0.5, 0.6) is 0 Å². The number of aromatic nitrogens is 7. The molecule has 5 heterocycles. The molecule has 4 aromatic heterocycles. The zero-order chi connectivity index (χ0) is 30.2. The number of piperazine rings is 1. The van der Waals surface area contributed by atoms with Crippen molar-refractivity contribution in [2.24, 2.45) is 0 Å². The fourth-order valence-corrected chi connectivity index (χ4v) is 5.97. The normalized spacial score (nSPS) is 21.1. The van der Waals surface area contributed by atoms with Crippen molar-refractivity contribution in [3.63, 3.8) is 0 Å². The summed E-state index contributed by atoms with van der Waals surface area (Å²) in [5.74, 6) is -1.85. The second-order valence-corrected chi connectivity index (χ2v) is 10.9. The molecule has 0 aromatic carbocycles. The second-order valence-electron chi connectivity index (χ2n) is 10.9. The third-order valence-corrected chi connectivity index (χ3v) is 8.26. The predicted molar refractivity (Wildman–Crippen MR) is 148 cm³/mol. The van der Waals surface area contributed by atoms with Crippen LogP contribution >= 0.6 is 0 Å². The minimum atomic E-state index is -4.76. The van der Waals surface area contributed by atoms with E-state index in [-0.39, 0.29) is 24.0 Å². The number of nitrogens with zero attached hydrogens (tertiary/aromatic N) is 9. The van der Waals surface area contributed by atoms with Crippen molar-refractivity contribution in [1.29, 1.82) is 5.26 Å². The van der Waals surface area contributed by atoms with Crippen molar-refractivity contribution in [2.45, 2.75) is 50.5 Å². The Bertz CT molecular complexity index is 1660. The van der Waals surface area contributed by atoms with Gasteiger partial charge in [-0.3, -0.25) is 14.4 Å². The van der Waals surface area contributed by atoms with E-state index in [0.717, 1.165) is 22.3 Å². The van der Waals surface area contributed by atoms with Gasteiger partial charge in [0, 0.05) is 62.1 Å².